The van der Waals surface area contributed by atoms with Gasteiger partial charge in [0.05, 0.1) is 11.7 Å². The van der Waals surface area contributed by atoms with E-state index in [0.717, 1.165) is 22.6 Å². The maximum Gasteiger partial charge on any atom is 0.350 e. The van der Waals surface area contributed by atoms with Crippen LogP contribution < -0.4 is 15.5 Å². The fourth-order valence-corrected chi connectivity index (χ4v) is 5.66. The Labute approximate surface area is 241 Å². The molecule has 1 fully saturated rings. The molecule has 1 aliphatic rings. The third-order valence-electron chi connectivity index (χ3n) is 7.04. The number of anilines is 2. The molecule has 0 spiro atoms. The van der Waals surface area contributed by atoms with E-state index in [-0.39, 0.29) is 34.2 Å². The number of hydrogen-bond acceptors (Lipinski definition) is 10. The Balaban J connectivity index is 1.48. The number of aromatic nitrogens is 6. The fraction of sp³-hybridized carbons (Fsp3) is 0.333. The molecule has 5 rings (SSSR count). The summed E-state index contributed by atoms with van der Waals surface area (Å²) in [7, 11) is -4.94. The van der Waals surface area contributed by atoms with Crippen LogP contribution in [0, 0.1) is 17.1 Å². The van der Waals surface area contributed by atoms with Crippen molar-refractivity contribution < 1.29 is 17.4 Å². The molecule has 4 aromatic rings. The van der Waals surface area contributed by atoms with Gasteiger partial charge in [-0.15, -0.1) is 0 Å². The molecule has 13 nitrogen and oxygen atoms in total. The molecular weight excluding hydrogens is 565 g/mol. The summed E-state index contributed by atoms with van der Waals surface area (Å²) in [6, 6.07) is 5.33. The number of halogens is 1. The van der Waals surface area contributed by atoms with Gasteiger partial charge in [-0.3, -0.25) is 4.55 Å². The van der Waals surface area contributed by atoms with E-state index in [1.807, 2.05) is 17.9 Å². The number of nitrogens with zero attached hydrogens (tertiary/aromatic N) is 9. The summed E-state index contributed by atoms with van der Waals surface area (Å²) in [6.45, 7) is 7.28. The molecule has 218 valence electrons. The summed E-state index contributed by atoms with van der Waals surface area (Å²) in [5.74, 6) is -0.189. The minimum absolute atomic E-state index is 0.0428. The molecule has 1 saturated heterocycles. The molecule has 3 aromatic heterocycles. The van der Waals surface area contributed by atoms with Gasteiger partial charge < -0.3 is 9.80 Å². The standard InChI is InChI=1S/C27H28FN9O4S/c1-4-18-13-31-26(32-14-18)35-9-7-34(8-10-35)25-20(12-29)24(42(39,40)41)21(15-30-25)19-5-6-23(22(28)11-19)36-16-33-37(17(2)3)27(36)38/h5-6,11,13-17H,4,7-10H2,1-3H3,(H,39,40,41). The number of piperazine rings is 1. The predicted molar refractivity (Wildman–Crippen MR) is 152 cm³/mol. The first-order chi connectivity index (χ1) is 20.0. The molecule has 0 bridgehead atoms. The second-order valence-corrected chi connectivity index (χ2v) is 11.4. The summed E-state index contributed by atoms with van der Waals surface area (Å²) in [5.41, 5.74) is -0.0922. The number of rotatable bonds is 7. The monoisotopic (exact) mass is 593 g/mol. The van der Waals surface area contributed by atoms with Gasteiger partial charge >= 0.3 is 5.69 Å². The average molecular weight is 594 g/mol. The fourth-order valence-electron chi connectivity index (χ4n) is 4.82. The average Bonchev–Trinajstić information content (AvgIpc) is 3.37. The molecule has 1 aliphatic heterocycles. The normalized spacial score (nSPS) is 13.9. The van der Waals surface area contributed by atoms with Gasteiger partial charge in [0.25, 0.3) is 10.1 Å². The van der Waals surface area contributed by atoms with E-state index in [1.165, 1.54) is 29.3 Å². The molecule has 0 amide bonds. The van der Waals surface area contributed by atoms with Crippen molar-refractivity contribution in [3.8, 4) is 22.9 Å². The Morgan fingerprint density at radius 3 is 2.29 bits per heavy atom. The molecular formula is C27H28FN9O4S. The predicted octanol–water partition coefficient (Wildman–Crippen LogP) is 2.61. The summed E-state index contributed by atoms with van der Waals surface area (Å²) < 4.78 is 52.9. The zero-order valence-corrected chi connectivity index (χ0v) is 24.0. The Morgan fingerprint density at radius 2 is 1.74 bits per heavy atom. The molecule has 0 saturated carbocycles. The second kappa shape index (κ2) is 11.3. The van der Waals surface area contributed by atoms with Gasteiger partial charge in [-0.1, -0.05) is 13.0 Å². The van der Waals surface area contributed by atoms with E-state index in [0.29, 0.717) is 32.1 Å². The topological polar surface area (TPSA) is 163 Å². The molecule has 15 heteroatoms. The van der Waals surface area contributed by atoms with E-state index in [4.69, 9.17) is 0 Å². The van der Waals surface area contributed by atoms with Crippen LogP contribution in [-0.4, -0.2) is 68.4 Å². The highest BCUT2D eigenvalue weighted by atomic mass is 32.2. The molecule has 0 atom stereocenters. The zero-order chi connectivity index (χ0) is 30.2. The number of hydrogen-bond donors (Lipinski definition) is 1. The van der Waals surface area contributed by atoms with Crippen molar-refractivity contribution in [2.45, 2.75) is 38.1 Å². The van der Waals surface area contributed by atoms with E-state index in [1.54, 1.807) is 31.1 Å². The number of benzene rings is 1. The number of aryl methyl sites for hydroxylation is 1. The minimum atomic E-state index is -4.94. The first kappa shape index (κ1) is 28.8. The maximum absolute atomic E-state index is 15.3. The van der Waals surface area contributed by atoms with Crippen LogP contribution in [0.25, 0.3) is 16.8 Å². The van der Waals surface area contributed by atoms with Crippen LogP contribution in [0.4, 0.5) is 16.2 Å². The second-order valence-electron chi connectivity index (χ2n) is 9.99. The maximum atomic E-state index is 15.3. The third-order valence-corrected chi connectivity index (χ3v) is 7.98. The summed E-state index contributed by atoms with van der Waals surface area (Å²) >= 11 is 0. The molecule has 4 heterocycles. The van der Waals surface area contributed by atoms with Gasteiger partial charge in [-0.25, -0.2) is 33.4 Å². The quantitative estimate of drug-likeness (QED) is 0.313. The molecule has 1 N–H and O–H groups in total. The third kappa shape index (κ3) is 5.33. The molecule has 0 radical (unpaired) electrons. The van der Waals surface area contributed by atoms with Crippen LogP contribution in [0.1, 0.15) is 37.9 Å². The van der Waals surface area contributed by atoms with Crippen LogP contribution in [0.2, 0.25) is 0 Å². The van der Waals surface area contributed by atoms with Gasteiger partial charge in [0.2, 0.25) is 5.95 Å². The van der Waals surface area contributed by atoms with E-state index < -0.39 is 26.5 Å². The molecule has 42 heavy (non-hydrogen) atoms. The van der Waals surface area contributed by atoms with E-state index >= 15 is 4.39 Å². The Hall–Kier alpha value is -4.68. The smallest absolute Gasteiger partial charge is 0.350 e. The van der Waals surface area contributed by atoms with Crippen LogP contribution in [0.3, 0.4) is 0 Å². The molecule has 0 unspecified atom stereocenters. The van der Waals surface area contributed by atoms with Crippen molar-refractivity contribution in [1.82, 2.24) is 29.3 Å². The summed E-state index contributed by atoms with van der Waals surface area (Å²) in [6.07, 6.45) is 6.75. The van der Waals surface area contributed by atoms with Crippen molar-refractivity contribution in [3.63, 3.8) is 0 Å². The lowest BCUT2D eigenvalue weighted by molar-refractivity contribution is 0.483. The lowest BCUT2D eigenvalue weighted by Gasteiger charge is -2.36. The van der Waals surface area contributed by atoms with Crippen molar-refractivity contribution in [3.05, 3.63) is 70.5 Å². The lowest BCUT2D eigenvalue weighted by atomic mass is 10.0. The summed E-state index contributed by atoms with van der Waals surface area (Å²) in [4.78, 5) is 28.9. The van der Waals surface area contributed by atoms with Gasteiger partial charge in [-0.2, -0.15) is 18.8 Å². The highest BCUT2D eigenvalue weighted by Crippen LogP contribution is 2.35. The van der Waals surface area contributed by atoms with Gasteiger partial charge in [0.15, 0.2) is 0 Å². The first-order valence-electron chi connectivity index (χ1n) is 13.2. The summed E-state index contributed by atoms with van der Waals surface area (Å²) in [5, 5.41) is 14.0. The highest BCUT2D eigenvalue weighted by molar-refractivity contribution is 7.86. The van der Waals surface area contributed by atoms with Crippen molar-refractivity contribution in [1.29, 1.82) is 5.26 Å². The highest BCUT2D eigenvalue weighted by Gasteiger charge is 2.30. The van der Waals surface area contributed by atoms with Gasteiger partial charge in [0, 0.05) is 50.3 Å². The Kier molecular flexibility index (Phi) is 7.76. The van der Waals surface area contributed by atoms with Crippen molar-refractivity contribution in [2.24, 2.45) is 0 Å². The van der Waals surface area contributed by atoms with Crippen molar-refractivity contribution >= 4 is 21.9 Å². The SMILES string of the molecule is CCc1cnc(N2CCN(c3ncc(-c4ccc(-n5cnn(C(C)C)c5=O)c(F)c4)c(S(=O)(=O)O)c3C#N)CC2)nc1. The Bertz CT molecular complexity index is 1840. The van der Waals surface area contributed by atoms with E-state index in [2.05, 4.69) is 20.1 Å². The van der Waals surface area contributed by atoms with Crippen LogP contribution in [-0.2, 0) is 16.5 Å². The van der Waals surface area contributed by atoms with Crippen molar-refractivity contribution in [2.75, 3.05) is 36.0 Å². The van der Waals surface area contributed by atoms with Gasteiger partial charge in [0.1, 0.15) is 34.5 Å². The number of nitriles is 1. The molecule has 0 aliphatic carbocycles. The van der Waals surface area contributed by atoms with Crippen LogP contribution >= 0.6 is 0 Å². The minimum Gasteiger partial charge on any atom is -0.352 e. The van der Waals surface area contributed by atoms with E-state index in [9.17, 15) is 23.0 Å². The number of pyridine rings is 1. The lowest BCUT2D eigenvalue weighted by Crippen LogP contribution is -2.47. The van der Waals surface area contributed by atoms with Gasteiger partial charge in [-0.05, 0) is 43.5 Å². The Morgan fingerprint density at radius 1 is 1.07 bits per heavy atom. The van der Waals surface area contributed by atoms with Crippen LogP contribution in [0.15, 0.2) is 52.8 Å². The zero-order valence-electron chi connectivity index (χ0n) is 23.1. The first-order valence-corrected chi connectivity index (χ1v) is 14.6. The van der Waals surface area contributed by atoms with Crippen LogP contribution in [0.5, 0.6) is 0 Å². The molecule has 1 aromatic carbocycles. The largest absolute Gasteiger partial charge is 0.352 e.